The molecule has 2 aromatic rings. The maximum Gasteiger partial charge on any atom is 0.269 e. The number of rotatable bonds is 3. The third-order valence-corrected chi connectivity index (χ3v) is 5.76. The molecular weight excluding hydrogens is 318 g/mol. The Labute approximate surface area is 133 Å². The van der Waals surface area contributed by atoms with Crippen LogP contribution in [0.3, 0.4) is 0 Å². The number of hydrogen-bond acceptors (Lipinski definition) is 5. The summed E-state index contributed by atoms with van der Waals surface area (Å²) in [7, 11) is -3.65. The summed E-state index contributed by atoms with van der Waals surface area (Å²) in [5.74, 6) is 0. The van der Waals surface area contributed by atoms with Gasteiger partial charge in [-0.2, -0.15) is 4.31 Å². The van der Waals surface area contributed by atoms with E-state index in [0.29, 0.717) is 24.2 Å². The zero-order valence-corrected chi connectivity index (χ0v) is 13.0. The Balaban J connectivity index is 1.93. The van der Waals surface area contributed by atoms with Gasteiger partial charge in [-0.25, -0.2) is 8.42 Å². The Morgan fingerprint density at radius 1 is 1.09 bits per heavy atom. The van der Waals surface area contributed by atoms with Gasteiger partial charge in [0.1, 0.15) is 0 Å². The first-order valence-corrected chi connectivity index (χ1v) is 8.44. The third kappa shape index (κ3) is 2.90. The fourth-order valence-corrected chi connectivity index (χ4v) is 4.04. The van der Waals surface area contributed by atoms with Crippen molar-refractivity contribution in [3.63, 3.8) is 0 Å². The summed E-state index contributed by atoms with van der Waals surface area (Å²) < 4.78 is 26.7. The number of nitro groups is 1. The number of nitrogens with two attached hydrogens (primary N) is 1. The van der Waals surface area contributed by atoms with Gasteiger partial charge in [0.05, 0.1) is 9.82 Å². The molecule has 3 rings (SSSR count). The Morgan fingerprint density at radius 3 is 2.43 bits per heavy atom. The SMILES string of the molecule is Nc1ccc(S(=O)(=O)N2CCc3ccc([N+](=O)[O-])cc3C2)cc1. The second-order valence-electron chi connectivity index (χ2n) is 5.37. The van der Waals surface area contributed by atoms with Crippen LogP contribution in [-0.2, 0) is 23.0 Å². The van der Waals surface area contributed by atoms with E-state index < -0.39 is 14.9 Å². The van der Waals surface area contributed by atoms with Gasteiger partial charge in [-0.05, 0) is 41.8 Å². The number of hydrogen-bond donors (Lipinski definition) is 1. The predicted octanol–water partition coefficient (Wildman–Crippen LogP) is 1.92. The first kappa shape index (κ1) is 15.4. The summed E-state index contributed by atoms with van der Waals surface area (Å²) in [6, 6.07) is 10.6. The lowest BCUT2D eigenvalue weighted by molar-refractivity contribution is -0.385. The van der Waals surface area contributed by atoms with E-state index in [2.05, 4.69) is 0 Å². The topological polar surface area (TPSA) is 107 Å². The molecule has 0 aliphatic carbocycles. The summed E-state index contributed by atoms with van der Waals surface area (Å²) in [5.41, 5.74) is 7.66. The molecule has 0 amide bonds. The van der Waals surface area contributed by atoms with Gasteiger partial charge < -0.3 is 5.73 Å². The molecule has 23 heavy (non-hydrogen) atoms. The monoisotopic (exact) mass is 333 g/mol. The summed E-state index contributed by atoms with van der Waals surface area (Å²) in [6.45, 7) is 0.473. The molecule has 0 aromatic heterocycles. The van der Waals surface area contributed by atoms with Gasteiger partial charge in [0.2, 0.25) is 10.0 Å². The Kier molecular flexibility index (Phi) is 3.78. The molecule has 2 aromatic carbocycles. The highest BCUT2D eigenvalue weighted by Crippen LogP contribution is 2.27. The van der Waals surface area contributed by atoms with Gasteiger partial charge in [-0.1, -0.05) is 6.07 Å². The van der Waals surface area contributed by atoms with Gasteiger partial charge in [0, 0.05) is 30.9 Å². The van der Waals surface area contributed by atoms with Crippen LogP contribution in [0.5, 0.6) is 0 Å². The van der Waals surface area contributed by atoms with Crippen molar-refractivity contribution in [3.8, 4) is 0 Å². The van der Waals surface area contributed by atoms with Crippen molar-refractivity contribution in [2.24, 2.45) is 0 Å². The molecule has 0 unspecified atom stereocenters. The molecule has 0 spiro atoms. The van der Waals surface area contributed by atoms with Crippen LogP contribution in [0.1, 0.15) is 11.1 Å². The Bertz CT molecular complexity index is 863. The Morgan fingerprint density at radius 2 is 1.78 bits per heavy atom. The van der Waals surface area contributed by atoms with E-state index in [9.17, 15) is 18.5 Å². The van der Waals surface area contributed by atoms with Gasteiger partial charge >= 0.3 is 0 Å². The fourth-order valence-electron chi connectivity index (χ4n) is 2.63. The minimum atomic E-state index is -3.65. The molecule has 1 heterocycles. The molecule has 0 saturated carbocycles. The van der Waals surface area contributed by atoms with Crippen LogP contribution in [0.25, 0.3) is 0 Å². The van der Waals surface area contributed by atoms with Crippen molar-refractivity contribution in [3.05, 3.63) is 63.7 Å². The highest BCUT2D eigenvalue weighted by molar-refractivity contribution is 7.89. The molecule has 2 N–H and O–H groups in total. The van der Waals surface area contributed by atoms with Crippen molar-refractivity contribution in [1.29, 1.82) is 0 Å². The number of benzene rings is 2. The maximum absolute atomic E-state index is 12.7. The van der Waals surface area contributed by atoms with Gasteiger partial charge in [0.15, 0.2) is 0 Å². The summed E-state index contributed by atoms with van der Waals surface area (Å²) >= 11 is 0. The van der Waals surface area contributed by atoms with Crippen LogP contribution < -0.4 is 5.73 Å². The van der Waals surface area contributed by atoms with Crippen molar-refractivity contribution < 1.29 is 13.3 Å². The predicted molar refractivity (Wildman–Crippen MR) is 85.3 cm³/mol. The van der Waals surface area contributed by atoms with Crippen LogP contribution in [0.2, 0.25) is 0 Å². The first-order valence-electron chi connectivity index (χ1n) is 7.00. The van der Waals surface area contributed by atoms with E-state index in [1.807, 2.05) is 0 Å². The molecular formula is C15H15N3O4S. The average molecular weight is 333 g/mol. The molecule has 0 atom stereocenters. The molecule has 1 aliphatic rings. The highest BCUT2D eigenvalue weighted by Gasteiger charge is 2.29. The van der Waals surface area contributed by atoms with Crippen LogP contribution in [-0.4, -0.2) is 24.2 Å². The van der Waals surface area contributed by atoms with Crippen molar-refractivity contribution in [2.45, 2.75) is 17.9 Å². The largest absolute Gasteiger partial charge is 0.399 e. The number of non-ortho nitro benzene ring substituents is 1. The van der Waals surface area contributed by atoms with Crippen molar-refractivity contribution in [2.75, 3.05) is 12.3 Å². The van der Waals surface area contributed by atoms with Crippen molar-refractivity contribution in [1.82, 2.24) is 4.31 Å². The minimum Gasteiger partial charge on any atom is -0.399 e. The molecule has 1 aliphatic heterocycles. The second-order valence-corrected chi connectivity index (χ2v) is 7.31. The molecule has 120 valence electrons. The third-order valence-electron chi connectivity index (χ3n) is 3.90. The number of anilines is 1. The first-order chi connectivity index (χ1) is 10.9. The molecule has 0 saturated heterocycles. The lowest BCUT2D eigenvalue weighted by atomic mass is 10.0. The van der Waals surface area contributed by atoms with Crippen LogP contribution >= 0.6 is 0 Å². The van der Waals surface area contributed by atoms with E-state index in [1.54, 1.807) is 6.07 Å². The highest BCUT2D eigenvalue weighted by atomic mass is 32.2. The van der Waals surface area contributed by atoms with E-state index >= 15 is 0 Å². The molecule has 8 heteroatoms. The number of fused-ring (bicyclic) bond motifs is 1. The molecule has 0 radical (unpaired) electrons. The second kappa shape index (κ2) is 5.64. The fraction of sp³-hybridized carbons (Fsp3) is 0.200. The molecule has 7 nitrogen and oxygen atoms in total. The van der Waals surface area contributed by atoms with Crippen LogP contribution in [0, 0.1) is 10.1 Å². The Hall–Kier alpha value is -2.45. The van der Waals surface area contributed by atoms with Crippen molar-refractivity contribution >= 4 is 21.4 Å². The summed E-state index contributed by atoms with van der Waals surface area (Å²) in [5, 5.41) is 10.9. The lowest BCUT2D eigenvalue weighted by Gasteiger charge is -2.28. The maximum atomic E-state index is 12.7. The normalized spacial score (nSPS) is 15.1. The standard InChI is InChI=1S/C15H15N3O4S/c16-13-2-5-15(6-3-13)23(21,22)17-8-7-11-1-4-14(18(19)20)9-12(11)10-17/h1-6,9H,7-8,10,16H2. The van der Waals surface area contributed by atoms with E-state index in [1.165, 1.54) is 40.7 Å². The quantitative estimate of drug-likeness (QED) is 0.525. The van der Waals surface area contributed by atoms with Gasteiger partial charge in [-0.3, -0.25) is 10.1 Å². The molecule has 0 bridgehead atoms. The van der Waals surface area contributed by atoms with E-state index in [0.717, 1.165) is 5.56 Å². The number of nitrogens with zero attached hydrogens (tertiary/aromatic N) is 2. The number of nitrogen functional groups attached to an aromatic ring is 1. The van der Waals surface area contributed by atoms with Gasteiger partial charge in [-0.15, -0.1) is 0 Å². The smallest absolute Gasteiger partial charge is 0.269 e. The zero-order valence-electron chi connectivity index (χ0n) is 12.2. The summed E-state index contributed by atoms with van der Waals surface area (Å²) in [4.78, 5) is 10.6. The number of nitro benzene ring substituents is 1. The van der Waals surface area contributed by atoms with Crippen LogP contribution in [0.15, 0.2) is 47.4 Å². The van der Waals surface area contributed by atoms with Crippen LogP contribution in [0.4, 0.5) is 11.4 Å². The molecule has 0 fully saturated rings. The average Bonchev–Trinajstić information content (AvgIpc) is 2.54. The zero-order chi connectivity index (χ0) is 16.6. The van der Waals surface area contributed by atoms with E-state index in [-0.39, 0.29) is 17.1 Å². The van der Waals surface area contributed by atoms with E-state index in [4.69, 9.17) is 5.73 Å². The minimum absolute atomic E-state index is 0.0320. The number of sulfonamides is 1. The lowest BCUT2D eigenvalue weighted by Crippen LogP contribution is -2.36. The van der Waals surface area contributed by atoms with Gasteiger partial charge in [0.25, 0.3) is 5.69 Å². The summed E-state index contributed by atoms with van der Waals surface area (Å²) in [6.07, 6.45) is 0.529.